The quantitative estimate of drug-likeness (QED) is 0.620. The van der Waals surface area contributed by atoms with Gasteiger partial charge < -0.3 is 0 Å². The molecule has 0 N–H and O–H groups in total. The van der Waals surface area contributed by atoms with Gasteiger partial charge in [-0.25, -0.2) is 8.42 Å². The fraction of sp³-hybridized carbons (Fsp3) is 1.00. The van der Waals surface area contributed by atoms with Gasteiger partial charge in [0.2, 0.25) is 10.0 Å². The average Bonchev–Trinajstić information content (AvgIpc) is 2.50. The molecule has 12 heavy (non-hydrogen) atoms. The molecule has 0 radical (unpaired) electrons. The molecule has 1 aliphatic heterocycles. The fourth-order valence-electron chi connectivity index (χ4n) is 2.26. The van der Waals surface area contributed by atoms with E-state index in [2.05, 4.69) is 0 Å². The maximum Gasteiger partial charge on any atom is 0.214 e. The first-order valence-electron chi connectivity index (χ1n) is 4.68. The van der Waals surface area contributed by atoms with E-state index in [0.29, 0.717) is 17.8 Å². The minimum Gasteiger partial charge on any atom is -0.212 e. The van der Waals surface area contributed by atoms with Crippen molar-refractivity contribution >= 4 is 10.0 Å². The van der Waals surface area contributed by atoms with E-state index in [1.807, 2.05) is 6.92 Å². The highest BCUT2D eigenvalue weighted by atomic mass is 32.2. The Bertz CT molecular complexity index is 263. The zero-order valence-corrected chi connectivity index (χ0v) is 8.18. The molecule has 1 saturated heterocycles. The van der Waals surface area contributed by atoms with Crippen molar-refractivity contribution < 1.29 is 8.42 Å². The van der Waals surface area contributed by atoms with Crippen LogP contribution in [0.4, 0.5) is 0 Å². The number of rotatable bonds is 3. The molecule has 0 spiro atoms. The lowest BCUT2D eigenvalue weighted by Gasteiger charge is -2.06. The Labute approximate surface area is 73.8 Å². The SMILES string of the molecule is CCCS(=O)(=O)N1[C@H]2CCC[C@@H]21. The standard InChI is InChI=1S/C8H15NO2S/c1-2-6-12(10,11)9-7-4-3-5-8(7)9/h7-8H,2-6H2,1H3/t7-,8-/m0/s1. The van der Waals surface area contributed by atoms with Crippen molar-refractivity contribution in [2.24, 2.45) is 0 Å². The maximum absolute atomic E-state index is 11.5. The molecule has 2 atom stereocenters. The summed E-state index contributed by atoms with van der Waals surface area (Å²) in [6.45, 7) is 1.91. The summed E-state index contributed by atoms with van der Waals surface area (Å²) >= 11 is 0. The normalized spacial score (nSPS) is 39.6. The van der Waals surface area contributed by atoms with Crippen LogP contribution in [0.2, 0.25) is 0 Å². The highest BCUT2D eigenvalue weighted by molar-refractivity contribution is 7.89. The molecule has 70 valence electrons. The molecule has 2 rings (SSSR count). The van der Waals surface area contributed by atoms with Crippen molar-refractivity contribution in [3.8, 4) is 0 Å². The van der Waals surface area contributed by atoms with Gasteiger partial charge in [-0.05, 0) is 19.3 Å². The number of hydrogen-bond donors (Lipinski definition) is 0. The second-order valence-corrected chi connectivity index (χ2v) is 5.71. The Morgan fingerprint density at radius 2 is 1.92 bits per heavy atom. The van der Waals surface area contributed by atoms with E-state index in [-0.39, 0.29) is 0 Å². The summed E-state index contributed by atoms with van der Waals surface area (Å²) < 4.78 is 24.8. The van der Waals surface area contributed by atoms with Gasteiger partial charge >= 0.3 is 0 Å². The van der Waals surface area contributed by atoms with Crippen molar-refractivity contribution in [1.82, 2.24) is 4.31 Å². The molecule has 1 heterocycles. The molecule has 1 aliphatic carbocycles. The number of nitrogens with zero attached hydrogens (tertiary/aromatic N) is 1. The molecule has 0 aromatic rings. The van der Waals surface area contributed by atoms with Crippen molar-refractivity contribution in [3.05, 3.63) is 0 Å². The van der Waals surface area contributed by atoms with Crippen LogP contribution < -0.4 is 0 Å². The van der Waals surface area contributed by atoms with E-state index in [0.717, 1.165) is 19.3 Å². The van der Waals surface area contributed by atoms with E-state index in [4.69, 9.17) is 0 Å². The minimum atomic E-state index is -2.86. The first-order valence-corrected chi connectivity index (χ1v) is 6.29. The van der Waals surface area contributed by atoms with Crippen molar-refractivity contribution in [2.75, 3.05) is 5.75 Å². The van der Waals surface area contributed by atoms with Crippen molar-refractivity contribution in [1.29, 1.82) is 0 Å². The predicted octanol–water partition coefficient (Wildman–Crippen LogP) is 0.963. The number of sulfonamides is 1. The van der Waals surface area contributed by atoms with E-state index in [1.165, 1.54) is 6.42 Å². The zero-order valence-electron chi connectivity index (χ0n) is 7.36. The smallest absolute Gasteiger partial charge is 0.212 e. The molecular weight excluding hydrogens is 174 g/mol. The molecule has 0 bridgehead atoms. The lowest BCUT2D eigenvalue weighted by atomic mass is 10.3. The zero-order chi connectivity index (χ0) is 8.77. The molecule has 2 fully saturated rings. The van der Waals surface area contributed by atoms with Gasteiger partial charge in [0.25, 0.3) is 0 Å². The molecule has 3 nitrogen and oxygen atoms in total. The third kappa shape index (κ3) is 1.17. The molecular formula is C8H15NO2S. The van der Waals surface area contributed by atoms with Gasteiger partial charge in [0, 0.05) is 12.1 Å². The summed E-state index contributed by atoms with van der Waals surface area (Å²) in [6, 6.07) is 0.781. The van der Waals surface area contributed by atoms with Crippen LogP contribution in [0, 0.1) is 0 Å². The molecule has 0 amide bonds. The Kier molecular flexibility index (Phi) is 1.92. The van der Waals surface area contributed by atoms with Crippen LogP contribution in [0.15, 0.2) is 0 Å². The summed E-state index contributed by atoms with van der Waals surface area (Å²) in [6.07, 6.45) is 4.13. The summed E-state index contributed by atoms with van der Waals surface area (Å²) in [5.74, 6) is 0.333. The Balaban J connectivity index is 2.03. The van der Waals surface area contributed by atoms with E-state index < -0.39 is 10.0 Å². The van der Waals surface area contributed by atoms with Crippen LogP contribution >= 0.6 is 0 Å². The Morgan fingerprint density at radius 3 is 2.42 bits per heavy atom. The third-order valence-electron chi connectivity index (χ3n) is 2.79. The predicted molar refractivity (Wildman–Crippen MR) is 47.3 cm³/mol. The van der Waals surface area contributed by atoms with Crippen LogP contribution in [0.3, 0.4) is 0 Å². The fourth-order valence-corrected chi connectivity index (χ4v) is 4.25. The van der Waals surface area contributed by atoms with Crippen molar-refractivity contribution in [2.45, 2.75) is 44.7 Å². The van der Waals surface area contributed by atoms with Gasteiger partial charge in [0.1, 0.15) is 0 Å². The number of hydrogen-bond acceptors (Lipinski definition) is 2. The second kappa shape index (κ2) is 2.70. The van der Waals surface area contributed by atoms with Gasteiger partial charge in [0.05, 0.1) is 5.75 Å². The van der Waals surface area contributed by atoms with Crippen LogP contribution in [-0.4, -0.2) is 30.6 Å². The van der Waals surface area contributed by atoms with Gasteiger partial charge in [0.15, 0.2) is 0 Å². The molecule has 0 aromatic heterocycles. The first-order chi connectivity index (χ1) is 5.67. The molecule has 0 aromatic carbocycles. The largest absolute Gasteiger partial charge is 0.214 e. The molecule has 0 unspecified atom stereocenters. The van der Waals surface area contributed by atoms with Gasteiger partial charge in [-0.15, -0.1) is 0 Å². The molecule has 2 aliphatic rings. The van der Waals surface area contributed by atoms with Crippen LogP contribution in [0.5, 0.6) is 0 Å². The second-order valence-electron chi connectivity index (χ2n) is 3.71. The number of fused-ring (bicyclic) bond motifs is 1. The molecule has 1 saturated carbocycles. The van der Waals surface area contributed by atoms with Crippen LogP contribution in [-0.2, 0) is 10.0 Å². The van der Waals surface area contributed by atoms with E-state index in [1.54, 1.807) is 4.31 Å². The van der Waals surface area contributed by atoms with Crippen molar-refractivity contribution in [3.63, 3.8) is 0 Å². The summed E-state index contributed by atoms with van der Waals surface area (Å²) in [5, 5.41) is 0. The Morgan fingerprint density at radius 1 is 1.33 bits per heavy atom. The van der Waals surface area contributed by atoms with Crippen LogP contribution in [0.1, 0.15) is 32.6 Å². The summed E-state index contributed by atoms with van der Waals surface area (Å²) in [4.78, 5) is 0. The van der Waals surface area contributed by atoms with Gasteiger partial charge in [-0.1, -0.05) is 13.3 Å². The van der Waals surface area contributed by atoms with Gasteiger partial charge in [-0.3, -0.25) is 0 Å². The monoisotopic (exact) mass is 189 g/mol. The van der Waals surface area contributed by atoms with Gasteiger partial charge in [-0.2, -0.15) is 4.31 Å². The van der Waals surface area contributed by atoms with Crippen LogP contribution in [0.25, 0.3) is 0 Å². The summed E-state index contributed by atoms with van der Waals surface area (Å²) in [7, 11) is -2.86. The number of piperidine rings is 1. The lowest BCUT2D eigenvalue weighted by molar-refractivity contribution is 0.516. The minimum absolute atomic E-state index is 0.333. The maximum atomic E-state index is 11.5. The average molecular weight is 189 g/mol. The third-order valence-corrected chi connectivity index (χ3v) is 4.90. The van der Waals surface area contributed by atoms with E-state index >= 15 is 0 Å². The highest BCUT2D eigenvalue weighted by Crippen LogP contribution is 2.44. The summed E-state index contributed by atoms with van der Waals surface area (Å²) in [5.41, 5.74) is 0. The lowest BCUT2D eigenvalue weighted by Crippen LogP contribution is -2.20. The highest BCUT2D eigenvalue weighted by Gasteiger charge is 2.56. The van der Waals surface area contributed by atoms with E-state index in [9.17, 15) is 8.42 Å². The topological polar surface area (TPSA) is 37.1 Å². The first kappa shape index (κ1) is 8.51. The Hall–Kier alpha value is -0.0900. The molecule has 4 heteroatoms.